The molecule has 0 aliphatic carbocycles. The fourth-order valence-corrected chi connectivity index (χ4v) is 3.02. The van der Waals surface area contributed by atoms with Crippen LogP contribution < -0.4 is 4.90 Å². The molecule has 0 spiro atoms. The molecule has 124 valence electrons. The van der Waals surface area contributed by atoms with E-state index in [1.807, 2.05) is 31.9 Å². The first kappa shape index (κ1) is 15.7. The number of anilines is 1. The zero-order chi connectivity index (χ0) is 16.6. The summed E-state index contributed by atoms with van der Waals surface area (Å²) >= 11 is 0. The Morgan fingerprint density at radius 2 is 2.04 bits per heavy atom. The second-order valence-electron chi connectivity index (χ2n) is 7.22. The van der Waals surface area contributed by atoms with Crippen molar-refractivity contribution in [2.24, 2.45) is 0 Å². The normalized spacial score (nSPS) is 19.2. The molecule has 5 heteroatoms. The highest BCUT2D eigenvalue weighted by atomic mass is 16.6. The van der Waals surface area contributed by atoms with Gasteiger partial charge in [0.1, 0.15) is 5.60 Å². The van der Waals surface area contributed by atoms with Crippen LogP contribution in [0, 0.1) is 0 Å². The second-order valence-corrected chi connectivity index (χ2v) is 7.22. The molecular formula is C18H25N3O2. The first-order valence-electron chi connectivity index (χ1n) is 8.15. The van der Waals surface area contributed by atoms with Gasteiger partial charge in [0, 0.05) is 43.1 Å². The van der Waals surface area contributed by atoms with E-state index in [1.54, 1.807) is 0 Å². The molecule has 2 heterocycles. The van der Waals surface area contributed by atoms with Crippen molar-refractivity contribution in [3.05, 3.63) is 30.5 Å². The first-order valence-corrected chi connectivity index (χ1v) is 8.15. The van der Waals surface area contributed by atoms with Crippen molar-refractivity contribution in [1.29, 1.82) is 0 Å². The van der Waals surface area contributed by atoms with Gasteiger partial charge in [-0.1, -0.05) is 6.07 Å². The minimum Gasteiger partial charge on any atom is -0.444 e. The van der Waals surface area contributed by atoms with Crippen molar-refractivity contribution in [3.63, 3.8) is 0 Å². The molecule has 1 amide bonds. The van der Waals surface area contributed by atoms with Crippen LogP contribution >= 0.6 is 0 Å². The predicted molar refractivity (Wildman–Crippen MR) is 92.9 cm³/mol. The molecule has 5 nitrogen and oxygen atoms in total. The predicted octanol–water partition coefficient (Wildman–Crippen LogP) is 3.61. The number of carbonyl (C=O) groups excluding carboxylic acids is 1. The largest absolute Gasteiger partial charge is 0.444 e. The third-order valence-corrected chi connectivity index (χ3v) is 4.16. The van der Waals surface area contributed by atoms with Gasteiger partial charge in [0.25, 0.3) is 0 Å². The lowest BCUT2D eigenvalue weighted by molar-refractivity contribution is 0.0159. The molecule has 1 aromatic heterocycles. The van der Waals surface area contributed by atoms with E-state index in [2.05, 4.69) is 41.1 Å². The number of carbonyl (C=O) groups is 1. The number of hydrogen-bond acceptors (Lipinski definition) is 3. The molecule has 1 atom stereocenters. The summed E-state index contributed by atoms with van der Waals surface area (Å²) in [4.78, 5) is 19.7. The minimum atomic E-state index is -0.452. The fraction of sp³-hybridized carbons (Fsp3) is 0.500. The Hall–Kier alpha value is -2.17. The summed E-state index contributed by atoms with van der Waals surface area (Å²) in [5, 5.41) is 1.22. The van der Waals surface area contributed by atoms with E-state index in [4.69, 9.17) is 4.74 Å². The standard InChI is InChI=1S/C18H25N3O2/c1-13-12-20(9-10-21(13)17(22)23-18(2,3)4)15-6-5-14-7-8-19-16(14)11-15/h5-8,11,13,19H,9-10,12H2,1-4H3/t13-/m1/s1. The van der Waals surface area contributed by atoms with Gasteiger partial charge in [-0.2, -0.15) is 0 Å². The van der Waals surface area contributed by atoms with E-state index in [9.17, 15) is 4.79 Å². The number of piperazine rings is 1. The number of benzene rings is 1. The first-order chi connectivity index (χ1) is 10.8. The maximum atomic E-state index is 12.3. The van der Waals surface area contributed by atoms with Gasteiger partial charge in [-0.15, -0.1) is 0 Å². The van der Waals surface area contributed by atoms with Crippen molar-refractivity contribution < 1.29 is 9.53 Å². The minimum absolute atomic E-state index is 0.123. The summed E-state index contributed by atoms with van der Waals surface area (Å²) in [5.74, 6) is 0. The van der Waals surface area contributed by atoms with Gasteiger partial charge in [0.15, 0.2) is 0 Å². The SMILES string of the molecule is C[C@@H]1CN(c2ccc3cc[nH]c3c2)CCN1C(=O)OC(C)(C)C. The van der Waals surface area contributed by atoms with Gasteiger partial charge >= 0.3 is 6.09 Å². The zero-order valence-corrected chi connectivity index (χ0v) is 14.3. The Morgan fingerprint density at radius 1 is 1.26 bits per heavy atom. The van der Waals surface area contributed by atoms with Crippen LogP contribution in [0.4, 0.5) is 10.5 Å². The molecular weight excluding hydrogens is 290 g/mol. The molecule has 2 aromatic rings. The van der Waals surface area contributed by atoms with Gasteiger partial charge in [0.05, 0.1) is 0 Å². The van der Waals surface area contributed by atoms with Crippen LogP contribution in [0.15, 0.2) is 30.5 Å². The van der Waals surface area contributed by atoms with Crippen LogP contribution in [0.5, 0.6) is 0 Å². The number of amides is 1. The molecule has 0 bridgehead atoms. The van der Waals surface area contributed by atoms with Crippen molar-refractivity contribution in [1.82, 2.24) is 9.88 Å². The number of H-pyrrole nitrogens is 1. The maximum Gasteiger partial charge on any atom is 0.410 e. The summed E-state index contributed by atoms with van der Waals surface area (Å²) in [5.41, 5.74) is 1.88. The van der Waals surface area contributed by atoms with Crippen LogP contribution in [-0.2, 0) is 4.74 Å². The van der Waals surface area contributed by atoms with E-state index >= 15 is 0 Å². The van der Waals surface area contributed by atoms with Crippen molar-refractivity contribution in [2.75, 3.05) is 24.5 Å². The number of nitrogens with one attached hydrogen (secondary N) is 1. The van der Waals surface area contributed by atoms with Gasteiger partial charge in [0.2, 0.25) is 0 Å². The average Bonchev–Trinajstić information content (AvgIpc) is 2.92. The van der Waals surface area contributed by atoms with Crippen LogP contribution in [0.25, 0.3) is 10.9 Å². The zero-order valence-electron chi connectivity index (χ0n) is 14.3. The number of rotatable bonds is 1. The molecule has 1 N–H and O–H groups in total. The quantitative estimate of drug-likeness (QED) is 0.874. The van der Waals surface area contributed by atoms with Crippen LogP contribution in [0.3, 0.4) is 0 Å². The average molecular weight is 315 g/mol. The summed E-state index contributed by atoms with van der Waals surface area (Å²) < 4.78 is 5.50. The lowest BCUT2D eigenvalue weighted by Crippen LogP contribution is -2.55. The maximum absolute atomic E-state index is 12.3. The Kier molecular flexibility index (Phi) is 3.96. The molecule has 1 saturated heterocycles. The van der Waals surface area contributed by atoms with Crippen LogP contribution in [-0.4, -0.2) is 47.3 Å². The van der Waals surface area contributed by atoms with Gasteiger partial charge in [-0.3, -0.25) is 0 Å². The van der Waals surface area contributed by atoms with Crippen molar-refractivity contribution in [3.8, 4) is 0 Å². The molecule has 1 aliphatic heterocycles. The molecule has 0 saturated carbocycles. The highest BCUT2D eigenvalue weighted by molar-refractivity contribution is 5.83. The van der Waals surface area contributed by atoms with Crippen molar-refractivity contribution >= 4 is 22.7 Å². The number of ether oxygens (including phenoxy) is 1. The lowest BCUT2D eigenvalue weighted by atomic mass is 10.1. The summed E-state index contributed by atoms with van der Waals surface area (Å²) in [6, 6.07) is 8.64. The van der Waals surface area contributed by atoms with Crippen molar-refractivity contribution in [2.45, 2.75) is 39.3 Å². The number of nitrogens with zero attached hydrogens (tertiary/aromatic N) is 2. The Balaban J connectivity index is 1.69. The Labute approximate surface area is 137 Å². The third kappa shape index (κ3) is 3.44. The van der Waals surface area contributed by atoms with E-state index in [0.717, 1.165) is 18.6 Å². The monoisotopic (exact) mass is 315 g/mol. The number of aromatic amines is 1. The van der Waals surface area contributed by atoms with E-state index in [0.29, 0.717) is 6.54 Å². The highest BCUT2D eigenvalue weighted by Gasteiger charge is 2.30. The number of fused-ring (bicyclic) bond motifs is 1. The fourth-order valence-electron chi connectivity index (χ4n) is 3.02. The second kappa shape index (κ2) is 5.80. The molecule has 1 fully saturated rings. The molecule has 1 aromatic carbocycles. The molecule has 3 rings (SSSR count). The topological polar surface area (TPSA) is 48.6 Å². The van der Waals surface area contributed by atoms with Crippen LogP contribution in [0.1, 0.15) is 27.7 Å². The van der Waals surface area contributed by atoms with E-state index in [1.165, 1.54) is 11.1 Å². The number of hydrogen-bond donors (Lipinski definition) is 1. The van der Waals surface area contributed by atoms with Crippen LogP contribution in [0.2, 0.25) is 0 Å². The summed E-state index contributed by atoms with van der Waals surface area (Å²) in [6.45, 7) is 10.1. The van der Waals surface area contributed by atoms with E-state index in [-0.39, 0.29) is 12.1 Å². The summed E-state index contributed by atoms with van der Waals surface area (Å²) in [6.07, 6.45) is 1.74. The van der Waals surface area contributed by atoms with E-state index < -0.39 is 5.60 Å². The Bertz CT molecular complexity index is 702. The van der Waals surface area contributed by atoms with Gasteiger partial charge in [-0.05, 0) is 51.3 Å². The lowest BCUT2D eigenvalue weighted by Gasteiger charge is -2.41. The third-order valence-electron chi connectivity index (χ3n) is 4.16. The molecule has 0 radical (unpaired) electrons. The Morgan fingerprint density at radius 3 is 2.74 bits per heavy atom. The molecule has 1 aliphatic rings. The molecule has 23 heavy (non-hydrogen) atoms. The molecule has 0 unspecified atom stereocenters. The smallest absolute Gasteiger partial charge is 0.410 e. The summed E-state index contributed by atoms with van der Waals surface area (Å²) in [7, 11) is 0. The van der Waals surface area contributed by atoms with Gasteiger partial charge in [-0.25, -0.2) is 4.79 Å². The van der Waals surface area contributed by atoms with Gasteiger partial charge < -0.3 is 19.5 Å². The highest BCUT2D eigenvalue weighted by Crippen LogP contribution is 2.24. The number of aromatic nitrogens is 1.